The second kappa shape index (κ2) is 4.67. The Hall–Kier alpha value is -1.20. The summed E-state index contributed by atoms with van der Waals surface area (Å²) in [5, 5.41) is 0. The molecule has 1 unspecified atom stereocenters. The molecule has 1 aliphatic heterocycles. The van der Waals surface area contributed by atoms with Crippen molar-refractivity contribution in [3.63, 3.8) is 0 Å². The van der Waals surface area contributed by atoms with Crippen LogP contribution in [0.25, 0.3) is 0 Å². The minimum atomic E-state index is -0.741. The van der Waals surface area contributed by atoms with Crippen LogP contribution in [0, 0.1) is 5.41 Å². The van der Waals surface area contributed by atoms with Crippen LogP contribution in [0.2, 0.25) is 0 Å². The lowest BCUT2D eigenvalue weighted by Gasteiger charge is -2.47. The summed E-state index contributed by atoms with van der Waals surface area (Å²) in [5.41, 5.74) is 0.926. The van der Waals surface area contributed by atoms with E-state index in [-0.39, 0.29) is 11.8 Å². The van der Waals surface area contributed by atoms with E-state index < -0.39 is 11.2 Å². The molecule has 1 heterocycles. The van der Waals surface area contributed by atoms with Gasteiger partial charge < -0.3 is 14.2 Å². The molecule has 3 aliphatic rings. The smallest absolute Gasteiger partial charge is 0.316 e. The average molecular weight is 280 g/mol. The molecule has 0 bridgehead atoms. The number of hydrogen-bond donors (Lipinski definition) is 0. The number of carbonyl (C=O) groups is 2. The Bertz CT molecular complexity index is 486. The molecule has 0 amide bonds. The Morgan fingerprint density at radius 1 is 1.20 bits per heavy atom. The molecule has 0 N–H and O–H groups in total. The van der Waals surface area contributed by atoms with Crippen molar-refractivity contribution in [2.24, 2.45) is 5.41 Å². The summed E-state index contributed by atoms with van der Waals surface area (Å²) >= 11 is 0. The van der Waals surface area contributed by atoms with Gasteiger partial charge in [-0.05, 0) is 30.9 Å². The molecule has 1 saturated heterocycles. The van der Waals surface area contributed by atoms with E-state index >= 15 is 0 Å². The number of rotatable bonds is 1. The van der Waals surface area contributed by atoms with Crippen LogP contribution >= 0.6 is 0 Å². The van der Waals surface area contributed by atoms with Gasteiger partial charge in [0.2, 0.25) is 0 Å². The molecule has 5 nitrogen and oxygen atoms in total. The molecule has 110 valence electrons. The zero-order chi connectivity index (χ0) is 14.4. The topological polar surface area (TPSA) is 61.8 Å². The van der Waals surface area contributed by atoms with Crippen molar-refractivity contribution < 1.29 is 23.8 Å². The van der Waals surface area contributed by atoms with Gasteiger partial charge in [0.1, 0.15) is 0 Å². The number of esters is 1. The molecule has 0 aromatic rings. The van der Waals surface area contributed by atoms with Gasteiger partial charge in [0.25, 0.3) is 0 Å². The quantitative estimate of drug-likeness (QED) is 0.685. The number of allylic oxidation sites excluding steroid dienone is 1. The molecule has 1 saturated carbocycles. The van der Waals surface area contributed by atoms with E-state index in [1.807, 2.05) is 6.92 Å². The monoisotopic (exact) mass is 280 g/mol. The number of carbonyl (C=O) groups excluding carboxylic acids is 2. The number of Topliss-reactive ketones (excluding diaryl/α,β-unsaturated/α-hetero) is 1. The fraction of sp³-hybridized carbons (Fsp3) is 0.733. The first-order chi connectivity index (χ1) is 9.53. The highest BCUT2D eigenvalue weighted by Crippen LogP contribution is 2.54. The van der Waals surface area contributed by atoms with Crippen LogP contribution in [0.15, 0.2) is 11.1 Å². The van der Waals surface area contributed by atoms with Crippen molar-refractivity contribution in [2.75, 3.05) is 20.3 Å². The van der Waals surface area contributed by atoms with Gasteiger partial charge in [0, 0.05) is 19.3 Å². The maximum Gasteiger partial charge on any atom is 0.316 e. The molecule has 0 radical (unpaired) electrons. The van der Waals surface area contributed by atoms with Gasteiger partial charge in [-0.2, -0.15) is 0 Å². The number of hydrogen-bond acceptors (Lipinski definition) is 5. The Kier molecular flexibility index (Phi) is 3.21. The normalized spacial score (nSPS) is 32.4. The first-order valence-corrected chi connectivity index (χ1v) is 7.13. The van der Waals surface area contributed by atoms with E-state index in [4.69, 9.17) is 14.2 Å². The van der Waals surface area contributed by atoms with E-state index in [1.165, 1.54) is 7.11 Å². The Labute approximate surface area is 118 Å². The van der Waals surface area contributed by atoms with Gasteiger partial charge in [0.15, 0.2) is 11.6 Å². The molecule has 1 atom stereocenters. The lowest BCUT2D eigenvalue weighted by atomic mass is 9.61. The summed E-state index contributed by atoms with van der Waals surface area (Å²) in [7, 11) is 1.40. The summed E-state index contributed by atoms with van der Waals surface area (Å²) in [4.78, 5) is 24.4. The van der Waals surface area contributed by atoms with Crippen molar-refractivity contribution >= 4 is 11.8 Å². The molecular weight excluding hydrogens is 260 g/mol. The van der Waals surface area contributed by atoms with Gasteiger partial charge in [-0.1, -0.05) is 0 Å². The Balaban J connectivity index is 2.05. The third-order valence-corrected chi connectivity index (χ3v) is 4.94. The first-order valence-electron chi connectivity index (χ1n) is 7.13. The summed E-state index contributed by atoms with van der Waals surface area (Å²) < 4.78 is 16.6. The second-order valence-electron chi connectivity index (χ2n) is 5.88. The van der Waals surface area contributed by atoms with Gasteiger partial charge in [-0.15, -0.1) is 0 Å². The lowest BCUT2D eigenvalue weighted by Crippen LogP contribution is -2.50. The second-order valence-corrected chi connectivity index (χ2v) is 5.88. The zero-order valence-corrected chi connectivity index (χ0v) is 12.0. The molecule has 2 aliphatic carbocycles. The maximum atomic E-state index is 12.4. The number of ether oxygens (including phenoxy) is 3. The average Bonchev–Trinajstić information content (AvgIpc) is 2.90. The summed E-state index contributed by atoms with van der Waals surface area (Å²) in [5.74, 6) is -0.792. The highest BCUT2D eigenvalue weighted by molar-refractivity contribution is 5.99. The fourth-order valence-corrected chi connectivity index (χ4v) is 3.91. The minimum absolute atomic E-state index is 0.142. The summed E-state index contributed by atoms with van der Waals surface area (Å²) in [6.45, 7) is 2.95. The van der Waals surface area contributed by atoms with Crippen LogP contribution in [-0.4, -0.2) is 37.9 Å². The predicted octanol–water partition coefficient (Wildman–Crippen LogP) is 1.75. The van der Waals surface area contributed by atoms with E-state index in [0.717, 1.165) is 11.1 Å². The number of methoxy groups -OCH3 is 1. The third-order valence-electron chi connectivity index (χ3n) is 4.94. The van der Waals surface area contributed by atoms with E-state index in [9.17, 15) is 9.59 Å². The van der Waals surface area contributed by atoms with Crippen LogP contribution < -0.4 is 0 Å². The zero-order valence-electron chi connectivity index (χ0n) is 12.0. The summed E-state index contributed by atoms with van der Waals surface area (Å²) in [6, 6.07) is 0. The lowest BCUT2D eigenvalue weighted by molar-refractivity contribution is -0.202. The van der Waals surface area contributed by atoms with Crippen LogP contribution in [0.5, 0.6) is 0 Å². The minimum Gasteiger partial charge on any atom is -0.468 e. The van der Waals surface area contributed by atoms with Gasteiger partial charge in [0.05, 0.1) is 25.7 Å². The molecule has 1 spiro atoms. The highest BCUT2D eigenvalue weighted by atomic mass is 16.7. The van der Waals surface area contributed by atoms with Crippen molar-refractivity contribution in [1.82, 2.24) is 0 Å². The molecular formula is C15H20O5. The van der Waals surface area contributed by atoms with Gasteiger partial charge in [-0.25, -0.2) is 0 Å². The van der Waals surface area contributed by atoms with Crippen LogP contribution in [-0.2, 0) is 23.8 Å². The van der Waals surface area contributed by atoms with Gasteiger partial charge >= 0.3 is 5.97 Å². The molecule has 2 fully saturated rings. The Morgan fingerprint density at radius 2 is 1.90 bits per heavy atom. The van der Waals surface area contributed by atoms with Crippen LogP contribution in [0.4, 0.5) is 0 Å². The Morgan fingerprint density at radius 3 is 2.55 bits per heavy atom. The van der Waals surface area contributed by atoms with Gasteiger partial charge in [-0.3, -0.25) is 9.59 Å². The summed E-state index contributed by atoms with van der Waals surface area (Å²) in [6.07, 6.45) is 2.71. The van der Waals surface area contributed by atoms with Crippen molar-refractivity contribution in [3.8, 4) is 0 Å². The highest BCUT2D eigenvalue weighted by Gasteiger charge is 2.57. The van der Waals surface area contributed by atoms with Crippen LogP contribution in [0.1, 0.15) is 39.0 Å². The molecule has 5 heteroatoms. The third kappa shape index (κ3) is 1.84. The maximum absolute atomic E-state index is 12.4. The predicted molar refractivity (Wildman–Crippen MR) is 69.9 cm³/mol. The fourth-order valence-electron chi connectivity index (χ4n) is 3.91. The van der Waals surface area contributed by atoms with E-state index in [2.05, 4.69) is 0 Å². The SMILES string of the molecule is COC(=O)C12CCC(=O)C(C)=C1CCC1(C2)OCCO1. The van der Waals surface area contributed by atoms with E-state index in [1.54, 1.807) is 0 Å². The molecule has 20 heavy (non-hydrogen) atoms. The molecule has 0 aromatic carbocycles. The van der Waals surface area contributed by atoms with Crippen molar-refractivity contribution in [2.45, 2.75) is 44.8 Å². The molecule has 0 aromatic heterocycles. The van der Waals surface area contributed by atoms with Crippen molar-refractivity contribution in [1.29, 1.82) is 0 Å². The number of ketones is 1. The largest absolute Gasteiger partial charge is 0.468 e. The number of fused-ring (bicyclic) bond motifs is 1. The molecule has 3 rings (SSSR count). The van der Waals surface area contributed by atoms with Crippen molar-refractivity contribution in [3.05, 3.63) is 11.1 Å². The first kappa shape index (κ1) is 13.8. The van der Waals surface area contributed by atoms with E-state index in [0.29, 0.717) is 45.3 Å². The van der Waals surface area contributed by atoms with Crippen LogP contribution in [0.3, 0.4) is 0 Å². The standard InChI is InChI=1S/C15H20O5/c1-10-11-3-6-15(19-7-8-20-15)9-14(11,13(17)18-2)5-4-12(10)16/h3-9H2,1-2H3.